The summed E-state index contributed by atoms with van der Waals surface area (Å²) in [6, 6.07) is 10.7. The van der Waals surface area contributed by atoms with Crippen LogP contribution < -0.4 is 10.6 Å². The maximum absolute atomic E-state index is 2.44. The van der Waals surface area contributed by atoms with Gasteiger partial charge in [0, 0.05) is 27.7 Å². The van der Waals surface area contributed by atoms with Crippen molar-refractivity contribution >= 4 is 26.5 Å². The van der Waals surface area contributed by atoms with Crippen LogP contribution >= 0.6 is 15.8 Å². The van der Waals surface area contributed by atoms with Crippen molar-refractivity contribution in [1.82, 2.24) is 4.57 Å². The third kappa shape index (κ3) is 2.64. The molecule has 0 fully saturated rings. The number of para-hydroxylation sites is 1. The summed E-state index contributed by atoms with van der Waals surface area (Å²) in [7, 11) is -0.120. The summed E-state index contributed by atoms with van der Waals surface area (Å²) in [6.45, 7) is 14.0. The highest BCUT2D eigenvalue weighted by Crippen LogP contribution is 2.35. The summed E-state index contributed by atoms with van der Waals surface area (Å²) in [5, 5.41) is 3.24. The van der Waals surface area contributed by atoms with E-state index < -0.39 is 0 Å². The van der Waals surface area contributed by atoms with Crippen LogP contribution in [0.3, 0.4) is 0 Å². The second kappa shape index (κ2) is 5.78. The Morgan fingerprint density at radius 3 is 1.53 bits per heavy atom. The fourth-order valence-electron chi connectivity index (χ4n) is 2.84. The van der Waals surface area contributed by atoms with Crippen molar-refractivity contribution in [3.8, 4) is 5.69 Å². The molecule has 102 valence electrons. The third-order valence-electron chi connectivity index (χ3n) is 3.49. The van der Waals surface area contributed by atoms with Gasteiger partial charge in [0.15, 0.2) is 0 Å². The van der Waals surface area contributed by atoms with Gasteiger partial charge in [0.2, 0.25) is 0 Å². The topological polar surface area (TPSA) is 4.93 Å². The Bertz CT molecular complexity index is 537. The van der Waals surface area contributed by atoms with Crippen LogP contribution in [0.15, 0.2) is 30.3 Å². The number of nitrogens with zero attached hydrogens (tertiary/aromatic N) is 1. The SMILES string of the molecule is Cc1c(P(C)C)c(P(C)C)c(C)n1-c1ccccc1. The molecular formula is C16H23NP2. The average Bonchev–Trinajstić information content (AvgIpc) is 2.62. The van der Waals surface area contributed by atoms with E-state index in [1.165, 1.54) is 17.1 Å². The van der Waals surface area contributed by atoms with Gasteiger partial charge >= 0.3 is 0 Å². The lowest BCUT2D eigenvalue weighted by atomic mass is 10.3. The Labute approximate surface area is 119 Å². The molecule has 1 aromatic carbocycles. The molecule has 0 N–H and O–H groups in total. The summed E-state index contributed by atoms with van der Waals surface area (Å²) in [5.41, 5.74) is 4.16. The fraction of sp³-hybridized carbons (Fsp3) is 0.375. The predicted octanol–water partition coefficient (Wildman–Crippen LogP) is 3.83. The van der Waals surface area contributed by atoms with Gasteiger partial charge in [-0.15, -0.1) is 0 Å². The van der Waals surface area contributed by atoms with Crippen LogP contribution in [0.25, 0.3) is 5.69 Å². The number of hydrogen-bond acceptors (Lipinski definition) is 0. The van der Waals surface area contributed by atoms with Crippen molar-refractivity contribution < 1.29 is 0 Å². The van der Waals surface area contributed by atoms with E-state index in [-0.39, 0.29) is 15.8 Å². The highest BCUT2D eigenvalue weighted by Gasteiger charge is 2.22. The lowest BCUT2D eigenvalue weighted by molar-refractivity contribution is 0.972. The molecule has 0 aliphatic heterocycles. The summed E-state index contributed by atoms with van der Waals surface area (Å²) in [6.07, 6.45) is 0. The van der Waals surface area contributed by atoms with Gasteiger partial charge in [-0.2, -0.15) is 0 Å². The second-order valence-electron chi connectivity index (χ2n) is 5.33. The molecule has 2 aromatic rings. The molecule has 0 aliphatic rings. The molecule has 1 aromatic heterocycles. The highest BCUT2D eigenvalue weighted by molar-refractivity contribution is 7.70. The Hall–Kier alpha value is -0.640. The second-order valence-corrected chi connectivity index (χ2v) is 9.80. The molecule has 0 saturated heterocycles. The first kappa shape index (κ1) is 14.8. The van der Waals surface area contributed by atoms with Crippen LogP contribution in [0.4, 0.5) is 0 Å². The van der Waals surface area contributed by atoms with E-state index in [1.807, 2.05) is 0 Å². The van der Waals surface area contributed by atoms with Gasteiger partial charge in [0.1, 0.15) is 0 Å². The number of aromatic nitrogens is 1. The van der Waals surface area contributed by atoms with Crippen LogP contribution in [0, 0.1) is 13.8 Å². The predicted molar refractivity (Wildman–Crippen MR) is 92.0 cm³/mol. The molecule has 0 bridgehead atoms. The maximum atomic E-state index is 2.44. The van der Waals surface area contributed by atoms with Crippen LogP contribution in [0.1, 0.15) is 11.4 Å². The molecule has 0 radical (unpaired) electrons. The van der Waals surface area contributed by atoms with E-state index in [0.717, 1.165) is 0 Å². The largest absolute Gasteiger partial charge is 0.317 e. The minimum Gasteiger partial charge on any atom is -0.317 e. The average molecular weight is 291 g/mol. The molecular weight excluding hydrogens is 268 g/mol. The van der Waals surface area contributed by atoms with Crippen LogP contribution in [-0.4, -0.2) is 31.2 Å². The zero-order chi connectivity index (χ0) is 14.2. The fourth-order valence-corrected chi connectivity index (χ4v) is 6.71. The normalized spacial score (nSPS) is 11.6. The Balaban J connectivity index is 2.74. The highest BCUT2D eigenvalue weighted by atomic mass is 31.1. The molecule has 3 heteroatoms. The quantitative estimate of drug-likeness (QED) is 0.757. The third-order valence-corrected chi connectivity index (χ3v) is 6.55. The van der Waals surface area contributed by atoms with Gasteiger partial charge in [-0.05, 0) is 52.6 Å². The summed E-state index contributed by atoms with van der Waals surface area (Å²) in [4.78, 5) is 0. The molecule has 0 unspecified atom stereocenters. The zero-order valence-corrected chi connectivity index (χ0v) is 14.5. The van der Waals surface area contributed by atoms with Crippen molar-refractivity contribution in [3.63, 3.8) is 0 Å². The molecule has 0 saturated carbocycles. The Morgan fingerprint density at radius 2 is 1.16 bits per heavy atom. The molecule has 1 nitrogen and oxygen atoms in total. The summed E-state index contributed by atoms with van der Waals surface area (Å²) in [5.74, 6) is 0. The first-order chi connectivity index (χ1) is 8.95. The van der Waals surface area contributed by atoms with Gasteiger partial charge in [0.25, 0.3) is 0 Å². The van der Waals surface area contributed by atoms with Crippen molar-refractivity contribution in [2.75, 3.05) is 26.7 Å². The van der Waals surface area contributed by atoms with Crippen molar-refractivity contribution in [3.05, 3.63) is 41.7 Å². The van der Waals surface area contributed by atoms with E-state index in [9.17, 15) is 0 Å². The van der Waals surface area contributed by atoms with E-state index in [1.54, 1.807) is 10.6 Å². The van der Waals surface area contributed by atoms with Crippen LogP contribution in [0.2, 0.25) is 0 Å². The first-order valence-corrected chi connectivity index (χ1v) is 11.0. The van der Waals surface area contributed by atoms with E-state index in [4.69, 9.17) is 0 Å². The number of benzene rings is 1. The van der Waals surface area contributed by atoms with Gasteiger partial charge in [-0.25, -0.2) is 0 Å². The lowest BCUT2D eigenvalue weighted by Gasteiger charge is -2.13. The Kier molecular flexibility index (Phi) is 4.49. The molecule has 0 amide bonds. The van der Waals surface area contributed by atoms with Crippen molar-refractivity contribution in [2.24, 2.45) is 0 Å². The molecule has 19 heavy (non-hydrogen) atoms. The zero-order valence-electron chi connectivity index (χ0n) is 12.7. The molecule has 1 heterocycles. The van der Waals surface area contributed by atoms with E-state index >= 15 is 0 Å². The summed E-state index contributed by atoms with van der Waals surface area (Å²) < 4.78 is 2.44. The number of rotatable bonds is 3. The van der Waals surface area contributed by atoms with Crippen molar-refractivity contribution in [2.45, 2.75) is 13.8 Å². The monoisotopic (exact) mass is 291 g/mol. The van der Waals surface area contributed by atoms with Gasteiger partial charge < -0.3 is 4.57 Å². The van der Waals surface area contributed by atoms with Crippen LogP contribution in [0.5, 0.6) is 0 Å². The molecule has 0 atom stereocenters. The summed E-state index contributed by atoms with van der Waals surface area (Å²) >= 11 is 0. The smallest absolute Gasteiger partial charge is 0.0455 e. The van der Waals surface area contributed by atoms with Crippen LogP contribution in [-0.2, 0) is 0 Å². The van der Waals surface area contributed by atoms with Gasteiger partial charge in [0.05, 0.1) is 0 Å². The minimum absolute atomic E-state index is 0.0600. The van der Waals surface area contributed by atoms with Gasteiger partial charge in [-0.1, -0.05) is 34.0 Å². The molecule has 2 rings (SSSR count). The van der Waals surface area contributed by atoms with Gasteiger partial charge in [-0.3, -0.25) is 0 Å². The Morgan fingerprint density at radius 1 is 0.737 bits per heavy atom. The van der Waals surface area contributed by atoms with E-state index in [0.29, 0.717) is 0 Å². The first-order valence-electron chi connectivity index (χ1n) is 6.57. The standard InChI is InChI=1S/C16H23NP2/c1-12-15(18(3)4)16(19(5)6)13(2)17(12)14-10-8-7-9-11-14/h7-11H,1-6H3. The minimum atomic E-state index is -0.0600. The lowest BCUT2D eigenvalue weighted by Crippen LogP contribution is -2.20. The number of hydrogen-bond donors (Lipinski definition) is 0. The van der Waals surface area contributed by atoms with Crippen molar-refractivity contribution in [1.29, 1.82) is 0 Å². The molecule has 0 aliphatic carbocycles. The molecule has 0 spiro atoms. The maximum Gasteiger partial charge on any atom is 0.0455 e. The van der Waals surface area contributed by atoms with E-state index in [2.05, 4.69) is 75.4 Å².